The molecule has 23 heavy (non-hydrogen) atoms. The third kappa shape index (κ3) is 5.25. The molecule has 0 saturated carbocycles. The van der Waals surface area contributed by atoms with Crippen LogP contribution in [0.1, 0.15) is 30.5 Å². The highest BCUT2D eigenvalue weighted by Gasteiger charge is 2.02. The SMILES string of the molecule is CCc1ccc(/C(C)=N/NC(=O)CNc2cccc(C)c2)cc1. The summed E-state index contributed by atoms with van der Waals surface area (Å²) >= 11 is 0. The van der Waals surface area contributed by atoms with Crippen LogP contribution in [0, 0.1) is 6.92 Å². The number of carbonyl (C=O) groups is 1. The zero-order valence-electron chi connectivity index (χ0n) is 13.9. The van der Waals surface area contributed by atoms with Crippen LogP contribution in [-0.4, -0.2) is 18.2 Å². The van der Waals surface area contributed by atoms with E-state index in [4.69, 9.17) is 0 Å². The van der Waals surface area contributed by atoms with Gasteiger partial charge in [0.15, 0.2) is 0 Å². The van der Waals surface area contributed by atoms with Gasteiger partial charge in [-0.15, -0.1) is 0 Å². The van der Waals surface area contributed by atoms with Crippen molar-refractivity contribution in [3.8, 4) is 0 Å². The Hall–Kier alpha value is -2.62. The van der Waals surface area contributed by atoms with Gasteiger partial charge in [0.25, 0.3) is 5.91 Å². The number of amides is 1. The Labute approximate surface area is 137 Å². The Morgan fingerprint density at radius 2 is 1.87 bits per heavy atom. The highest BCUT2D eigenvalue weighted by Crippen LogP contribution is 2.09. The largest absolute Gasteiger partial charge is 0.376 e. The molecule has 0 atom stereocenters. The molecule has 0 saturated heterocycles. The van der Waals surface area contributed by atoms with Crippen molar-refractivity contribution < 1.29 is 4.79 Å². The molecule has 120 valence electrons. The third-order valence-corrected chi connectivity index (χ3v) is 3.60. The normalized spacial score (nSPS) is 11.2. The van der Waals surface area contributed by atoms with Gasteiger partial charge < -0.3 is 5.32 Å². The fraction of sp³-hybridized carbons (Fsp3) is 0.263. The van der Waals surface area contributed by atoms with Gasteiger partial charge in [0, 0.05) is 5.69 Å². The Kier molecular flexibility index (Phi) is 5.92. The third-order valence-electron chi connectivity index (χ3n) is 3.60. The first-order valence-corrected chi connectivity index (χ1v) is 7.81. The predicted molar refractivity (Wildman–Crippen MR) is 95.8 cm³/mol. The second-order valence-electron chi connectivity index (χ2n) is 5.51. The average molecular weight is 309 g/mol. The minimum absolute atomic E-state index is 0.170. The van der Waals surface area contributed by atoms with Gasteiger partial charge >= 0.3 is 0 Å². The first-order valence-electron chi connectivity index (χ1n) is 7.81. The van der Waals surface area contributed by atoms with E-state index in [1.165, 1.54) is 5.56 Å². The van der Waals surface area contributed by atoms with E-state index in [1.807, 2.05) is 50.2 Å². The van der Waals surface area contributed by atoms with E-state index in [0.717, 1.165) is 28.9 Å². The highest BCUT2D eigenvalue weighted by molar-refractivity contribution is 5.99. The van der Waals surface area contributed by atoms with Crippen LogP contribution < -0.4 is 10.7 Å². The number of nitrogens with zero attached hydrogens (tertiary/aromatic N) is 1. The minimum atomic E-state index is -0.170. The molecule has 0 aromatic heterocycles. The van der Waals surface area contributed by atoms with Gasteiger partial charge in [-0.1, -0.05) is 43.3 Å². The molecule has 0 bridgehead atoms. The second kappa shape index (κ2) is 8.13. The van der Waals surface area contributed by atoms with Crippen molar-refractivity contribution in [2.75, 3.05) is 11.9 Å². The number of aryl methyl sites for hydroxylation is 2. The Morgan fingerprint density at radius 1 is 1.13 bits per heavy atom. The number of hydrazone groups is 1. The van der Waals surface area contributed by atoms with Crippen LogP contribution in [0.15, 0.2) is 53.6 Å². The maximum Gasteiger partial charge on any atom is 0.259 e. The molecule has 0 unspecified atom stereocenters. The summed E-state index contributed by atoms with van der Waals surface area (Å²) in [5.41, 5.74) is 7.74. The van der Waals surface area contributed by atoms with Crippen LogP contribution in [-0.2, 0) is 11.2 Å². The highest BCUT2D eigenvalue weighted by atomic mass is 16.2. The van der Waals surface area contributed by atoms with Gasteiger partial charge in [-0.2, -0.15) is 5.10 Å². The van der Waals surface area contributed by atoms with E-state index >= 15 is 0 Å². The number of rotatable bonds is 6. The van der Waals surface area contributed by atoms with Crippen LogP contribution in [0.25, 0.3) is 0 Å². The van der Waals surface area contributed by atoms with Gasteiger partial charge in [0.05, 0.1) is 12.3 Å². The number of benzene rings is 2. The minimum Gasteiger partial charge on any atom is -0.376 e. The monoisotopic (exact) mass is 309 g/mol. The maximum atomic E-state index is 11.9. The molecule has 2 N–H and O–H groups in total. The molecule has 0 aliphatic rings. The molecule has 0 aliphatic carbocycles. The molecule has 0 aliphatic heterocycles. The second-order valence-corrected chi connectivity index (χ2v) is 5.51. The number of hydrogen-bond donors (Lipinski definition) is 2. The molecule has 4 nitrogen and oxygen atoms in total. The van der Waals surface area contributed by atoms with Gasteiger partial charge in [-0.25, -0.2) is 5.43 Å². The standard InChI is InChI=1S/C19H23N3O/c1-4-16-8-10-17(11-9-16)15(3)21-22-19(23)13-20-18-7-5-6-14(2)12-18/h5-12,20H,4,13H2,1-3H3,(H,22,23)/b21-15+. The molecule has 2 aromatic carbocycles. The lowest BCUT2D eigenvalue weighted by molar-refractivity contribution is -0.119. The predicted octanol–water partition coefficient (Wildman–Crippen LogP) is 3.51. The van der Waals surface area contributed by atoms with Crippen molar-refractivity contribution in [3.63, 3.8) is 0 Å². The summed E-state index contributed by atoms with van der Waals surface area (Å²) in [5.74, 6) is -0.170. The van der Waals surface area contributed by atoms with Crippen molar-refractivity contribution in [2.24, 2.45) is 5.10 Å². The van der Waals surface area contributed by atoms with Crippen LogP contribution in [0.2, 0.25) is 0 Å². The van der Waals surface area contributed by atoms with Crippen LogP contribution >= 0.6 is 0 Å². The average Bonchev–Trinajstić information content (AvgIpc) is 2.58. The lowest BCUT2D eigenvalue weighted by atomic mass is 10.1. The summed E-state index contributed by atoms with van der Waals surface area (Å²) in [6.07, 6.45) is 1.01. The first-order chi connectivity index (χ1) is 11.1. The zero-order chi connectivity index (χ0) is 16.7. The van der Waals surface area contributed by atoms with Gasteiger partial charge in [0.1, 0.15) is 0 Å². The molecular weight excluding hydrogens is 286 g/mol. The maximum absolute atomic E-state index is 11.9. The fourth-order valence-electron chi connectivity index (χ4n) is 2.17. The molecule has 0 fully saturated rings. The summed E-state index contributed by atoms with van der Waals surface area (Å²) in [5, 5.41) is 7.24. The first kappa shape index (κ1) is 16.7. The molecule has 2 rings (SSSR count). The molecule has 0 spiro atoms. The lowest BCUT2D eigenvalue weighted by Crippen LogP contribution is -2.26. The number of carbonyl (C=O) groups excluding carboxylic acids is 1. The van der Waals surface area contributed by atoms with E-state index < -0.39 is 0 Å². The summed E-state index contributed by atoms with van der Waals surface area (Å²) < 4.78 is 0. The van der Waals surface area contributed by atoms with Crippen LogP contribution in [0.4, 0.5) is 5.69 Å². The van der Waals surface area contributed by atoms with Crippen molar-refractivity contribution in [2.45, 2.75) is 27.2 Å². The molecule has 0 heterocycles. The zero-order valence-corrected chi connectivity index (χ0v) is 13.9. The van der Waals surface area contributed by atoms with E-state index in [1.54, 1.807) is 0 Å². The van der Waals surface area contributed by atoms with Crippen molar-refractivity contribution in [3.05, 3.63) is 65.2 Å². The smallest absolute Gasteiger partial charge is 0.259 e. The molecular formula is C19H23N3O. The molecule has 4 heteroatoms. The van der Waals surface area contributed by atoms with Crippen LogP contribution in [0.3, 0.4) is 0 Å². The van der Waals surface area contributed by atoms with Gasteiger partial charge in [0.2, 0.25) is 0 Å². The van der Waals surface area contributed by atoms with Gasteiger partial charge in [-0.3, -0.25) is 4.79 Å². The van der Waals surface area contributed by atoms with E-state index in [2.05, 4.69) is 34.9 Å². The Balaban J connectivity index is 1.86. The lowest BCUT2D eigenvalue weighted by Gasteiger charge is -2.07. The summed E-state index contributed by atoms with van der Waals surface area (Å²) in [4.78, 5) is 11.9. The van der Waals surface area contributed by atoms with Crippen molar-refractivity contribution in [1.82, 2.24) is 5.43 Å². The van der Waals surface area contributed by atoms with E-state index in [-0.39, 0.29) is 12.5 Å². The van der Waals surface area contributed by atoms with Crippen LogP contribution in [0.5, 0.6) is 0 Å². The molecule has 2 aromatic rings. The quantitative estimate of drug-likeness (QED) is 0.634. The van der Waals surface area contributed by atoms with E-state index in [0.29, 0.717) is 0 Å². The summed E-state index contributed by atoms with van der Waals surface area (Å²) in [7, 11) is 0. The van der Waals surface area contributed by atoms with E-state index in [9.17, 15) is 4.79 Å². The molecule has 0 radical (unpaired) electrons. The summed E-state index contributed by atoms with van der Waals surface area (Å²) in [6.45, 7) is 6.21. The Bertz CT molecular complexity index is 690. The number of nitrogens with one attached hydrogen (secondary N) is 2. The fourth-order valence-corrected chi connectivity index (χ4v) is 2.17. The van der Waals surface area contributed by atoms with Gasteiger partial charge in [-0.05, 0) is 49.1 Å². The Morgan fingerprint density at radius 3 is 2.52 bits per heavy atom. The topological polar surface area (TPSA) is 53.5 Å². The van der Waals surface area contributed by atoms with Crippen molar-refractivity contribution >= 4 is 17.3 Å². The molecule has 1 amide bonds. The summed E-state index contributed by atoms with van der Waals surface area (Å²) in [6, 6.07) is 16.1. The van der Waals surface area contributed by atoms with Crippen molar-refractivity contribution in [1.29, 1.82) is 0 Å². The number of hydrogen-bond acceptors (Lipinski definition) is 3. The number of anilines is 1.